The van der Waals surface area contributed by atoms with Gasteiger partial charge >= 0.3 is 0 Å². The lowest BCUT2D eigenvalue weighted by Crippen LogP contribution is -2.31. The lowest BCUT2D eigenvalue weighted by molar-refractivity contribution is -0.116. The van der Waals surface area contributed by atoms with Gasteiger partial charge in [0.1, 0.15) is 0 Å². The molecular formula is C10H10N2O2S. The van der Waals surface area contributed by atoms with Crippen LogP contribution >= 0.6 is 0 Å². The van der Waals surface area contributed by atoms with E-state index in [-0.39, 0.29) is 5.75 Å². The molecule has 2 N–H and O–H groups in total. The maximum absolute atomic E-state index is 11.6. The third-order valence-corrected chi connectivity index (χ3v) is 3.27. The molecule has 0 fully saturated rings. The van der Waals surface area contributed by atoms with Gasteiger partial charge < -0.3 is 5.73 Å². The van der Waals surface area contributed by atoms with E-state index in [2.05, 4.69) is 0 Å². The van der Waals surface area contributed by atoms with Crippen molar-refractivity contribution in [1.82, 2.24) is 0 Å². The molecule has 0 saturated heterocycles. The van der Waals surface area contributed by atoms with Crippen molar-refractivity contribution in [3.05, 3.63) is 35.9 Å². The largest absolute Gasteiger partial charge is 0.368 e. The Bertz CT molecular complexity index is 411. The Morgan fingerprint density at radius 2 is 2.07 bits per heavy atom. The maximum atomic E-state index is 11.6. The zero-order valence-electron chi connectivity index (χ0n) is 7.92. The first-order valence-corrected chi connectivity index (χ1v) is 5.63. The van der Waals surface area contributed by atoms with Gasteiger partial charge in [-0.3, -0.25) is 9.00 Å². The quantitative estimate of drug-likeness (QED) is 0.795. The number of rotatable bonds is 4. The summed E-state index contributed by atoms with van der Waals surface area (Å²) in [4.78, 5) is 10.8. The van der Waals surface area contributed by atoms with Crippen molar-refractivity contribution in [2.45, 2.75) is 11.0 Å². The number of hydrogen-bond donors (Lipinski definition) is 1. The molecule has 0 aromatic heterocycles. The minimum absolute atomic E-state index is 0.169. The predicted octanol–water partition coefficient (Wildman–Crippen LogP) is 0.313. The number of benzene rings is 1. The minimum Gasteiger partial charge on any atom is -0.368 e. The van der Waals surface area contributed by atoms with Crippen LogP contribution in [0.4, 0.5) is 0 Å². The van der Waals surface area contributed by atoms with Crippen LogP contribution in [0.25, 0.3) is 0 Å². The number of primary amides is 1. The number of nitrogens with zero attached hydrogens (tertiary/aromatic N) is 1. The maximum Gasteiger partial charge on any atom is 0.247 e. The Kier molecular flexibility index (Phi) is 4.01. The Morgan fingerprint density at radius 1 is 1.47 bits per heavy atom. The van der Waals surface area contributed by atoms with Crippen LogP contribution < -0.4 is 5.73 Å². The van der Waals surface area contributed by atoms with Crippen molar-refractivity contribution in [2.75, 3.05) is 0 Å². The van der Waals surface area contributed by atoms with Crippen LogP contribution in [-0.2, 0) is 21.3 Å². The number of nitriles is 1. The van der Waals surface area contributed by atoms with Crippen molar-refractivity contribution < 1.29 is 9.00 Å². The van der Waals surface area contributed by atoms with Crippen molar-refractivity contribution >= 4 is 16.7 Å². The summed E-state index contributed by atoms with van der Waals surface area (Å²) in [5.41, 5.74) is 5.76. The van der Waals surface area contributed by atoms with Gasteiger partial charge in [-0.15, -0.1) is 0 Å². The molecule has 78 valence electrons. The Labute approximate surface area is 90.2 Å². The smallest absolute Gasteiger partial charge is 0.247 e. The van der Waals surface area contributed by atoms with Crippen LogP contribution in [0.5, 0.6) is 0 Å². The fraction of sp³-hybridized carbons (Fsp3) is 0.200. The van der Waals surface area contributed by atoms with Gasteiger partial charge in [0, 0.05) is 0 Å². The van der Waals surface area contributed by atoms with Crippen LogP contribution in [0.15, 0.2) is 30.3 Å². The topological polar surface area (TPSA) is 83.9 Å². The van der Waals surface area contributed by atoms with E-state index in [4.69, 9.17) is 11.0 Å². The highest BCUT2D eigenvalue weighted by molar-refractivity contribution is 7.85. The Hall–Kier alpha value is -1.67. The molecule has 0 radical (unpaired) electrons. The van der Waals surface area contributed by atoms with E-state index in [0.29, 0.717) is 0 Å². The summed E-state index contributed by atoms with van der Waals surface area (Å²) >= 11 is 0. The summed E-state index contributed by atoms with van der Waals surface area (Å²) in [6.45, 7) is 0. The van der Waals surface area contributed by atoms with Gasteiger partial charge in [-0.1, -0.05) is 30.3 Å². The molecular weight excluding hydrogens is 212 g/mol. The lowest BCUT2D eigenvalue weighted by Gasteiger charge is -2.04. The first-order chi connectivity index (χ1) is 7.15. The highest BCUT2D eigenvalue weighted by Crippen LogP contribution is 2.06. The summed E-state index contributed by atoms with van der Waals surface area (Å²) in [6.07, 6.45) is 0. The van der Waals surface area contributed by atoms with Crippen LogP contribution in [-0.4, -0.2) is 15.4 Å². The van der Waals surface area contributed by atoms with Gasteiger partial charge in [-0.05, 0) is 5.56 Å². The number of hydrogen-bond acceptors (Lipinski definition) is 3. The van der Waals surface area contributed by atoms with Crippen molar-refractivity contribution in [1.29, 1.82) is 5.26 Å². The second kappa shape index (κ2) is 5.27. The molecule has 0 aliphatic rings. The van der Waals surface area contributed by atoms with Gasteiger partial charge in [0.25, 0.3) is 0 Å². The van der Waals surface area contributed by atoms with Gasteiger partial charge in [0.15, 0.2) is 5.25 Å². The third-order valence-electron chi connectivity index (χ3n) is 1.79. The highest BCUT2D eigenvalue weighted by atomic mass is 32.2. The van der Waals surface area contributed by atoms with Crippen molar-refractivity contribution in [3.8, 4) is 6.07 Å². The number of nitrogens with two attached hydrogens (primary N) is 1. The van der Waals surface area contributed by atoms with E-state index in [9.17, 15) is 9.00 Å². The van der Waals surface area contributed by atoms with E-state index in [1.807, 2.05) is 6.07 Å². The van der Waals surface area contributed by atoms with Crippen molar-refractivity contribution in [2.24, 2.45) is 5.73 Å². The van der Waals surface area contributed by atoms with Gasteiger partial charge in [0.2, 0.25) is 5.91 Å². The van der Waals surface area contributed by atoms with Crippen LogP contribution in [0, 0.1) is 11.3 Å². The molecule has 0 saturated carbocycles. The van der Waals surface area contributed by atoms with E-state index >= 15 is 0 Å². The van der Waals surface area contributed by atoms with E-state index in [1.165, 1.54) is 0 Å². The van der Waals surface area contributed by atoms with Crippen molar-refractivity contribution in [3.63, 3.8) is 0 Å². The lowest BCUT2D eigenvalue weighted by atomic mass is 10.2. The fourth-order valence-corrected chi connectivity index (χ4v) is 2.14. The molecule has 5 heteroatoms. The molecule has 0 spiro atoms. The van der Waals surface area contributed by atoms with Gasteiger partial charge in [-0.25, -0.2) is 0 Å². The molecule has 0 bridgehead atoms. The second-order valence-electron chi connectivity index (χ2n) is 2.92. The number of amides is 1. The molecule has 1 aromatic rings. The first-order valence-electron chi connectivity index (χ1n) is 4.25. The molecule has 2 atom stereocenters. The molecule has 15 heavy (non-hydrogen) atoms. The Balaban J connectivity index is 2.72. The standard InChI is InChI=1S/C10H10N2O2S/c11-6-9(10(12)13)15(14)7-8-4-2-1-3-5-8/h1-5,9H,7H2,(H2,12,13). The SMILES string of the molecule is N#CC(C(N)=O)S(=O)Cc1ccccc1. The predicted molar refractivity (Wildman–Crippen MR) is 56.9 cm³/mol. The van der Waals surface area contributed by atoms with Gasteiger partial charge in [-0.2, -0.15) is 5.26 Å². The highest BCUT2D eigenvalue weighted by Gasteiger charge is 2.21. The average Bonchev–Trinajstić information content (AvgIpc) is 2.19. The monoisotopic (exact) mass is 222 g/mol. The molecule has 0 aliphatic carbocycles. The summed E-state index contributed by atoms with van der Waals surface area (Å²) in [7, 11) is -1.57. The Morgan fingerprint density at radius 3 is 2.53 bits per heavy atom. The number of carbonyl (C=O) groups is 1. The van der Waals surface area contributed by atoms with E-state index in [1.54, 1.807) is 30.3 Å². The molecule has 1 amide bonds. The first kappa shape index (κ1) is 11.4. The molecule has 1 rings (SSSR count). The fourth-order valence-electron chi connectivity index (χ4n) is 1.07. The molecule has 2 unspecified atom stereocenters. The van der Waals surface area contributed by atoms with E-state index in [0.717, 1.165) is 5.56 Å². The zero-order valence-corrected chi connectivity index (χ0v) is 8.74. The third kappa shape index (κ3) is 3.18. The number of carbonyl (C=O) groups excluding carboxylic acids is 1. The summed E-state index contributed by atoms with van der Waals surface area (Å²) in [6, 6.07) is 10.7. The zero-order chi connectivity index (χ0) is 11.3. The van der Waals surface area contributed by atoms with E-state index < -0.39 is 22.0 Å². The summed E-state index contributed by atoms with van der Waals surface area (Å²) in [5.74, 6) is -0.672. The molecule has 0 heterocycles. The van der Waals surface area contributed by atoms with Crippen LogP contribution in [0.3, 0.4) is 0 Å². The molecule has 0 aliphatic heterocycles. The van der Waals surface area contributed by atoms with Crippen LogP contribution in [0.2, 0.25) is 0 Å². The summed E-state index contributed by atoms with van der Waals surface area (Å²) in [5, 5.41) is 7.37. The van der Waals surface area contributed by atoms with Gasteiger partial charge in [0.05, 0.1) is 22.6 Å². The molecule has 1 aromatic carbocycles. The minimum atomic E-state index is -1.57. The van der Waals surface area contributed by atoms with Crippen LogP contribution in [0.1, 0.15) is 5.56 Å². The second-order valence-corrected chi connectivity index (χ2v) is 4.44. The summed E-state index contributed by atoms with van der Waals surface area (Å²) < 4.78 is 11.6. The normalized spacial score (nSPS) is 13.8. The average molecular weight is 222 g/mol. The molecule has 4 nitrogen and oxygen atoms in total.